The highest BCUT2D eigenvalue weighted by Gasteiger charge is 2.14. The Balaban J connectivity index is 2.40. The third-order valence-corrected chi connectivity index (χ3v) is 4.47. The van der Waals surface area contributed by atoms with Gasteiger partial charge in [0.25, 0.3) is 0 Å². The topological polar surface area (TPSA) is 12.0 Å². The van der Waals surface area contributed by atoms with Crippen LogP contribution in [-0.2, 0) is 12.8 Å². The summed E-state index contributed by atoms with van der Waals surface area (Å²) in [6.45, 7) is 7.58. The van der Waals surface area contributed by atoms with Crippen LogP contribution in [0.4, 0.5) is 0 Å². The van der Waals surface area contributed by atoms with Gasteiger partial charge in [-0.15, -0.1) is 0 Å². The van der Waals surface area contributed by atoms with Gasteiger partial charge in [-0.25, -0.2) is 0 Å². The van der Waals surface area contributed by atoms with E-state index in [9.17, 15) is 0 Å². The van der Waals surface area contributed by atoms with Gasteiger partial charge in [0.1, 0.15) is 0 Å². The van der Waals surface area contributed by atoms with Gasteiger partial charge in [0.2, 0.25) is 0 Å². The average molecular weight is 346 g/mol. The molecule has 0 saturated carbocycles. The molecule has 1 N–H and O–H groups in total. The summed E-state index contributed by atoms with van der Waals surface area (Å²) in [5.74, 6) is 0. The Bertz CT molecular complexity index is 575. The van der Waals surface area contributed by atoms with E-state index in [4.69, 9.17) is 0 Å². The first-order chi connectivity index (χ1) is 10.2. The zero-order valence-corrected chi connectivity index (χ0v) is 14.7. The number of aryl methyl sites for hydroxylation is 2. The molecule has 2 heteroatoms. The fourth-order valence-electron chi connectivity index (χ4n) is 2.79. The second-order valence-electron chi connectivity index (χ2n) is 5.28. The van der Waals surface area contributed by atoms with Gasteiger partial charge in [-0.3, -0.25) is 0 Å². The van der Waals surface area contributed by atoms with Crippen LogP contribution in [0.15, 0.2) is 46.9 Å². The summed E-state index contributed by atoms with van der Waals surface area (Å²) >= 11 is 3.51. The van der Waals surface area contributed by atoms with E-state index in [1.807, 2.05) is 0 Å². The Morgan fingerprint density at radius 1 is 0.857 bits per heavy atom. The van der Waals surface area contributed by atoms with Crippen molar-refractivity contribution in [3.63, 3.8) is 0 Å². The van der Waals surface area contributed by atoms with Crippen LogP contribution in [0, 0.1) is 0 Å². The zero-order valence-electron chi connectivity index (χ0n) is 13.1. The summed E-state index contributed by atoms with van der Waals surface area (Å²) in [7, 11) is 0. The van der Waals surface area contributed by atoms with Crippen LogP contribution in [0.2, 0.25) is 0 Å². The molecule has 0 fully saturated rings. The summed E-state index contributed by atoms with van der Waals surface area (Å²) in [4.78, 5) is 0. The zero-order chi connectivity index (χ0) is 15.2. The monoisotopic (exact) mass is 345 g/mol. The predicted octanol–water partition coefficient (Wildman–Crippen LogP) is 5.27. The predicted molar refractivity (Wildman–Crippen MR) is 94.9 cm³/mol. The molecule has 2 aromatic carbocycles. The molecule has 1 nitrogen and oxygen atoms in total. The van der Waals surface area contributed by atoms with Crippen molar-refractivity contribution in [1.82, 2.24) is 5.32 Å². The van der Waals surface area contributed by atoms with Gasteiger partial charge >= 0.3 is 0 Å². The summed E-state index contributed by atoms with van der Waals surface area (Å²) < 4.78 is 1.12. The van der Waals surface area contributed by atoms with E-state index in [-0.39, 0.29) is 6.04 Å². The van der Waals surface area contributed by atoms with Crippen LogP contribution in [-0.4, -0.2) is 6.54 Å². The summed E-state index contributed by atoms with van der Waals surface area (Å²) in [5, 5.41) is 3.61. The lowest BCUT2D eigenvalue weighted by atomic mass is 9.93. The fraction of sp³-hybridized carbons (Fsp3) is 0.368. The maximum Gasteiger partial charge on any atom is 0.0576 e. The maximum atomic E-state index is 3.61. The van der Waals surface area contributed by atoms with Crippen molar-refractivity contribution >= 4 is 15.9 Å². The lowest BCUT2D eigenvalue weighted by Gasteiger charge is -2.21. The van der Waals surface area contributed by atoms with E-state index >= 15 is 0 Å². The molecular formula is C19H24BrN. The third-order valence-electron chi connectivity index (χ3n) is 3.94. The van der Waals surface area contributed by atoms with E-state index in [0.29, 0.717) is 0 Å². The van der Waals surface area contributed by atoms with Crippen molar-refractivity contribution in [3.05, 3.63) is 69.2 Å². The second kappa shape index (κ2) is 7.77. The first-order valence-electron chi connectivity index (χ1n) is 7.80. The Kier molecular flexibility index (Phi) is 6.01. The van der Waals surface area contributed by atoms with Crippen molar-refractivity contribution in [3.8, 4) is 0 Å². The highest BCUT2D eigenvalue weighted by molar-refractivity contribution is 9.10. The van der Waals surface area contributed by atoms with Gasteiger partial charge in [0.15, 0.2) is 0 Å². The van der Waals surface area contributed by atoms with Gasteiger partial charge in [-0.2, -0.15) is 0 Å². The minimum atomic E-state index is 0.263. The summed E-state index contributed by atoms with van der Waals surface area (Å²) in [5.41, 5.74) is 5.60. The van der Waals surface area contributed by atoms with Gasteiger partial charge in [-0.05, 0) is 53.8 Å². The third kappa shape index (κ3) is 3.96. The number of hydrogen-bond acceptors (Lipinski definition) is 1. The quantitative estimate of drug-likeness (QED) is 0.751. The van der Waals surface area contributed by atoms with Crippen LogP contribution in [0.5, 0.6) is 0 Å². The van der Waals surface area contributed by atoms with Crippen LogP contribution in [0.25, 0.3) is 0 Å². The van der Waals surface area contributed by atoms with E-state index < -0.39 is 0 Å². The molecule has 0 amide bonds. The number of hydrogen-bond donors (Lipinski definition) is 1. The molecule has 2 rings (SSSR count). The minimum absolute atomic E-state index is 0.263. The largest absolute Gasteiger partial charge is 0.307 e. The van der Waals surface area contributed by atoms with Gasteiger partial charge in [0, 0.05) is 4.47 Å². The van der Waals surface area contributed by atoms with Crippen molar-refractivity contribution in [1.29, 1.82) is 0 Å². The molecule has 1 unspecified atom stereocenters. The standard InChI is InChI=1S/C19H24BrN/c1-4-14-7-8-17(13-15(14)5-2)19(21-6-3)16-9-11-18(20)12-10-16/h7-13,19,21H,4-6H2,1-3H3. The molecule has 0 aliphatic rings. The number of benzene rings is 2. The van der Waals surface area contributed by atoms with Crippen molar-refractivity contribution in [2.75, 3.05) is 6.54 Å². The van der Waals surface area contributed by atoms with Crippen LogP contribution < -0.4 is 5.32 Å². The fourth-order valence-corrected chi connectivity index (χ4v) is 3.05. The van der Waals surface area contributed by atoms with E-state index in [1.54, 1.807) is 0 Å². The smallest absolute Gasteiger partial charge is 0.0576 e. The molecule has 0 heterocycles. The Morgan fingerprint density at radius 3 is 2.05 bits per heavy atom. The van der Waals surface area contributed by atoms with E-state index in [0.717, 1.165) is 23.9 Å². The van der Waals surface area contributed by atoms with Crippen LogP contribution in [0.3, 0.4) is 0 Å². The van der Waals surface area contributed by atoms with E-state index in [1.165, 1.54) is 22.3 Å². The first kappa shape index (κ1) is 16.3. The maximum absolute atomic E-state index is 3.61. The minimum Gasteiger partial charge on any atom is -0.307 e. The van der Waals surface area contributed by atoms with Gasteiger partial charge in [0.05, 0.1) is 6.04 Å². The van der Waals surface area contributed by atoms with Crippen LogP contribution in [0.1, 0.15) is 49.1 Å². The van der Waals surface area contributed by atoms with Crippen LogP contribution >= 0.6 is 15.9 Å². The molecule has 1 atom stereocenters. The molecule has 0 spiro atoms. The van der Waals surface area contributed by atoms with Gasteiger partial charge < -0.3 is 5.32 Å². The summed E-state index contributed by atoms with van der Waals surface area (Å²) in [6.07, 6.45) is 2.20. The molecule has 2 aromatic rings. The molecular weight excluding hydrogens is 322 g/mol. The lowest BCUT2D eigenvalue weighted by Crippen LogP contribution is -2.22. The Labute approximate surface area is 136 Å². The highest BCUT2D eigenvalue weighted by atomic mass is 79.9. The molecule has 0 saturated heterocycles. The molecule has 21 heavy (non-hydrogen) atoms. The molecule has 0 aliphatic carbocycles. The lowest BCUT2D eigenvalue weighted by molar-refractivity contribution is 0.629. The van der Waals surface area contributed by atoms with E-state index in [2.05, 4.69) is 84.5 Å². The summed E-state index contributed by atoms with van der Waals surface area (Å²) in [6, 6.07) is 15.8. The highest BCUT2D eigenvalue weighted by Crippen LogP contribution is 2.26. The molecule has 0 aromatic heterocycles. The molecule has 0 aliphatic heterocycles. The van der Waals surface area contributed by atoms with Crippen molar-refractivity contribution < 1.29 is 0 Å². The molecule has 0 radical (unpaired) electrons. The Hall–Kier alpha value is -1.12. The number of rotatable bonds is 6. The second-order valence-corrected chi connectivity index (χ2v) is 6.19. The van der Waals surface area contributed by atoms with Crippen molar-refractivity contribution in [2.45, 2.75) is 39.7 Å². The first-order valence-corrected chi connectivity index (χ1v) is 8.59. The Morgan fingerprint density at radius 2 is 1.48 bits per heavy atom. The molecule has 0 bridgehead atoms. The average Bonchev–Trinajstić information content (AvgIpc) is 2.53. The van der Waals surface area contributed by atoms with Gasteiger partial charge in [-0.1, -0.05) is 67.0 Å². The number of halogens is 1. The van der Waals surface area contributed by atoms with Crippen molar-refractivity contribution in [2.24, 2.45) is 0 Å². The SMILES string of the molecule is CCNC(c1ccc(Br)cc1)c1ccc(CC)c(CC)c1. The number of nitrogens with one attached hydrogen (secondary N) is 1. The normalized spacial score (nSPS) is 12.4. The molecule has 112 valence electrons.